The standard InChI is InChI=1S/C8H13N3OS/c1-6(13-2)3-8(12)11-7-4-9-5-10-7/h4-6H,3H2,1-2H3,(H,9,10)(H,11,12). The van der Waals surface area contributed by atoms with E-state index in [2.05, 4.69) is 15.3 Å². The van der Waals surface area contributed by atoms with Crippen LogP contribution in [-0.2, 0) is 4.79 Å². The second-order valence-corrected chi connectivity index (χ2v) is 4.04. The van der Waals surface area contributed by atoms with Crippen molar-refractivity contribution in [3.63, 3.8) is 0 Å². The first kappa shape index (κ1) is 10.1. The molecule has 1 heterocycles. The van der Waals surface area contributed by atoms with Gasteiger partial charge in [0.05, 0.1) is 12.5 Å². The van der Waals surface area contributed by atoms with Gasteiger partial charge in [0.2, 0.25) is 5.91 Å². The molecule has 0 saturated heterocycles. The van der Waals surface area contributed by atoms with Crippen molar-refractivity contribution in [2.45, 2.75) is 18.6 Å². The summed E-state index contributed by atoms with van der Waals surface area (Å²) in [7, 11) is 0. The minimum absolute atomic E-state index is 0.0195. The SMILES string of the molecule is CSC(C)CC(=O)Nc1cnc[nH]1. The summed E-state index contributed by atoms with van der Waals surface area (Å²) in [5, 5.41) is 3.07. The Balaban J connectivity index is 2.34. The normalized spacial score (nSPS) is 12.5. The largest absolute Gasteiger partial charge is 0.331 e. The van der Waals surface area contributed by atoms with Gasteiger partial charge in [-0.15, -0.1) is 0 Å². The molecule has 0 fully saturated rings. The van der Waals surface area contributed by atoms with E-state index >= 15 is 0 Å². The maximum absolute atomic E-state index is 11.3. The van der Waals surface area contributed by atoms with E-state index in [-0.39, 0.29) is 5.91 Å². The Morgan fingerprint density at radius 3 is 3.15 bits per heavy atom. The van der Waals surface area contributed by atoms with Crippen molar-refractivity contribution in [3.05, 3.63) is 12.5 Å². The molecule has 1 aromatic rings. The van der Waals surface area contributed by atoms with Crippen LogP contribution in [-0.4, -0.2) is 27.4 Å². The molecular weight excluding hydrogens is 186 g/mol. The van der Waals surface area contributed by atoms with Crippen LogP contribution in [0.1, 0.15) is 13.3 Å². The third-order valence-electron chi connectivity index (χ3n) is 1.65. The van der Waals surface area contributed by atoms with Crippen molar-refractivity contribution in [1.29, 1.82) is 0 Å². The summed E-state index contributed by atoms with van der Waals surface area (Å²) >= 11 is 1.68. The fraction of sp³-hybridized carbons (Fsp3) is 0.500. The molecule has 5 heteroatoms. The molecule has 0 aromatic carbocycles. The zero-order chi connectivity index (χ0) is 9.68. The van der Waals surface area contributed by atoms with Gasteiger partial charge in [-0.2, -0.15) is 11.8 Å². The molecule has 1 rings (SSSR count). The second-order valence-electron chi connectivity index (χ2n) is 2.76. The molecule has 0 saturated carbocycles. The van der Waals surface area contributed by atoms with Crippen molar-refractivity contribution in [2.24, 2.45) is 0 Å². The highest BCUT2D eigenvalue weighted by atomic mass is 32.2. The van der Waals surface area contributed by atoms with Crippen molar-refractivity contribution >= 4 is 23.5 Å². The number of carbonyl (C=O) groups is 1. The van der Waals surface area contributed by atoms with E-state index in [1.54, 1.807) is 18.0 Å². The smallest absolute Gasteiger partial charge is 0.226 e. The zero-order valence-electron chi connectivity index (χ0n) is 7.70. The third kappa shape index (κ3) is 3.50. The topological polar surface area (TPSA) is 57.8 Å². The Morgan fingerprint density at radius 1 is 1.85 bits per heavy atom. The van der Waals surface area contributed by atoms with Crippen LogP contribution in [0.2, 0.25) is 0 Å². The lowest BCUT2D eigenvalue weighted by Crippen LogP contribution is -2.16. The maximum atomic E-state index is 11.3. The number of nitrogens with zero attached hydrogens (tertiary/aromatic N) is 1. The molecule has 13 heavy (non-hydrogen) atoms. The van der Waals surface area contributed by atoms with E-state index in [0.717, 1.165) is 0 Å². The van der Waals surface area contributed by atoms with Crippen molar-refractivity contribution in [2.75, 3.05) is 11.6 Å². The number of hydrogen-bond donors (Lipinski definition) is 2. The molecule has 0 bridgehead atoms. The predicted molar refractivity (Wildman–Crippen MR) is 54.8 cm³/mol. The summed E-state index contributed by atoms with van der Waals surface area (Å²) in [4.78, 5) is 17.9. The van der Waals surface area contributed by atoms with Gasteiger partial charge in [0.1, 0.15) is 5.82 Å². The van der Waals surface area contributed by atoms with Gasteiger partial charge in [-0.3, -0.25) is 4.79 Å². The molecule has 1 unspecified atom stereocenters. The van der Waals surface area contributed by atoms with Gasteiger partial charge in [0.25, 0.3) is 0 Å². The number of anilines is 1. The van der Waals surface area contributed by atoms with Gasteiger partial charge >= 0.3 is 0 Å². The Hall–Kier alpha value is -0.970. The Morgan fingerprint density at radius 2 is 2.62 bits per heavy atom. The summed E-state index contributed by atoms with van der Waals surface area (Å²) in [6.45, 7) is 2.03. The van der Waals surface area contributed by atoms with Crippen molar-refractivity contribution in [1.82, 2.24) is 9.97 Å². The quantitative estimate of drug-likeness (QED) is 0.772. The van der Waals surface area contributed by atoms with Gasteiger partial charge in [0, 0.05) is 11.7 Å². The Kier molecular flexibility index (Phi) is 3.82. The number of hydrogen-bond acceptors (Lipinski definition) is 3. The molecule has 4 nitrogen and oxygen atoms in total. The first-order valence-corrected chi connectivity index (χ1v) is 5.32. The van der Waals surface area contributed by atoms with E-state index in [1.165, 1.54) is 6.33 Å². The molecule has 0 aliphatic heterocycles. The first-order chi connectivity index (χ1) is 6.22. The molecule has 0 radical (unpaired) electrons. The maximum Gasteiger partial charge on any atom is 0.226 e. The van der Waals surface area contributed by atoms with Gasteiger partial charge in [-0.1, -0.05) is 6.92 Å². The van der Waals surface area contributed by atoms with Crippen LogP contribution >= 0.6 is 11.8 Å². The molecule has 1 atom stereocenters. The zero-order valence-corrected chi connectivity index (χ0v) is 8.52. The predicted octanol–water partition coefficient (Wildman–Crippen LogP) is 1.49. The molecule has 0 aliphatic rings. The van der Waals surface area contributed by atoms with Gasteiger partial charge in [-0.05, 0) is 6.26 Å². The number of imidazole rings is 1. The number of aromatic nitrogens is 2. The molecular formula is C8H13N3OS. The van der Waals surface area contributed by atoms with E-state index < -0.39 is 0 Å². The number of amides is 1. The number of carbonyl (C=O) groups excluding carboxylic acids is 1. The average molecular weight is 199 g/mol. The molecule has 2 N–H and O–H groups in total. The van der Waals surface area contributed by atoms with E-state index in [4.69, 9.17) is 0 Å². The number of H-pyrrole nitrogens is 1. The van der Waals surface area contributed by atoms with E-state index in [0.29, 0.717) is 17.5 Å². The van der Waals surface area contributed by atoms with Crippen LogP contribution in [0, 0.1) is 0 Å². The summed E-state index contributed by atoms with van der Waals surface area (Å²) in [6, 6.07) is 0. The highest BCUT2D eigenvalue weighted by molar-refractivity contribution is 7.99. The van der Waals surface area contributed by atoms with Crippen molar-refractivity contribution in [3.8, 4) is 0 Å². The molecule has 0 aliphatic carbocycles. The van der Waals surface area contributed by atoms with Crippen molar-refractivity contribution < 1.29 is 4.79 Å². The lowest BCUT2D eigenvalue weighted by Gasteiger charge is -2.06. The molecule has 72 valence electrons. The first-order valence-electron chi connectivity index (χ1n) is 4.03. The monoisotopic (exact) mass is 199 g/mol. The number of rotatable bonds is 4. The van der Waals surface area contributed by atoms with Crippen LogP contribution in [0.15, 0.2) is 12.5 Å². The summed E-state index contributed by atoms with van der Waals surface area (Å²) in [5.74, 6) is 0.671. The number of nitrogens with one attached hydrogen (secondary N) is 2. The third-order valence-corrected chi connectivity index (χ3v) is 2.62. The van der Waals surface area contributed by atoms with Crippen LogP contribution in [0.4, 0.5) is 5.82 Å². The Labute approximate surface area is 81.5 Å². The van der Waals surface area contributed by atoms with Crippen LogP contribution < -0.4 is 5.32 Å². The lowest BCUT2D eigenvalue weighted by atomic mass is 10.3. The van der Waals surface area contributed by atoms with Gasteiger partial charge < -0.3 is 10.3 Å². The van der Waals surface area contributed by atoms with Crippen LogP contribution in [0.25, 0.3) is 0 Å². The summed E-state index contributed by atoms with van der Waals surface area (Å²) in [6.07, 6.45) is 5.64. The summed E-state index contributed by atoms with van der Waals surface area (Å²) in [5.41, 5.74) is 0. The highest BCUT2D eigenvalue weighted by Crippen LogP contribution is 2.10. The highest BCUT2D eigenvalue weighted by Gasteiger charge is 2.07. The van der Waals surface area contributed by atoms with Crippen LogP contribution in [0.5, 0.6) is 0 Å². The number of thioether (sulfide) groups is 1. The van der Waals surface area contributed by atoms with Gasteiger partial charge in [0.15, 0.2) is 0 Å². The van der Waals surface area contributed by atoms with Gasteiger partial charge in [-0.25, -0.2) is 4.98 Å². The molecule has 1 aromatic heterocycles. The fourth-order valence-corrected chi connectivity index (χ4v) is 1.19. The lowest BCUT2D eigenvalue weighted by molar-refractivity contribution is -0.116. The Bertz CT molecular complexity index is 260. The second kappa shape index (κ2) is 4.91. The minimum atomic E-state index is 0.0195. The van der Waals surface area contributed by atoms with E-state index in [1.807, 2.05) is 13.2 Å². The average Bonchev–Trinajstić information content (AvgIpc) is 2.56. The minimum Gasteiger partial charge on any atom is -0.331 e. The summed E-state index contributed by atoms with van der Waals surface area (Å²) < 4.78 is 0. The molecule has 1 amide bonds. The fourth-order valence-electron chi connectivity index (χ4n) is 0.870. The number of aromatic amines is 1. The van der Waals surface area contributed by atoms with E-state index in [9.17, 15) is 4.79 Å². The van der Waals surface area contributed by atoms with Crippen LogP contribution in [0.3, 0.4) is 0 Å². The molecule has 0 spiro atoms.